The summed E-state index contributed by atoms with van der Waals surface area (Å²) in [7, 11) is 0. The highest BCUT2D eigenvalue weighted by atomic mass is 35.5. The minimum atomic E-state index is -1.46. The van der Waals surface area contributed by atoms with E-state index in [2.05, 4.69) is 5.32 Å². The van der Waals surface area contributed by atoms with Crippen LogP contribution in [0.25, 0.3) is 0 Å². The van der Waals surface area contributed by atoms with Crippen LogP contribution in [0.3, 0.4) is 0 Å². The molecule has 1 heterocycles. The molecule has 19 heavy (non-hydrogen) atoms. The highest BCUT2D eigenvalue weighted by molar-refractivity contribution is 7.10. The van der Waals surface area contributed by atoms with E-state index in [1.54, 1.807) is 11.4 Å². The maximum absolute atomic E-state index is 13.3. The summed E-state index contributed by atoms with van der Waals surface area (Å²) in [4.78, 5) is 0.744. The molecule has 0 saturated carbocycles. The lowest BCUT2D eigenvalue weighted by atomic mass is 10.0. The Kier molecular flexibility index (Phi) is 4.50. The largest absolute Gasteiger partial charge is 0.306 e. The van der Waals surface area contributed by atoms with Gasteiger partial charge in [-0.3, -0.25) is 0 Å². The molecular formula is C13H11ClF3NS. The monoisotopic (exact) mass is 305 g/mol. The Morgan fingerprint density at radius 1 is 1.26 bits per heavy atom. The number of benzene rings is 1. The summed E-state index contributed by atoms with van der Waals surface area (Å²) in [6.45, 7) is 2.45. The van der Waals surface area contributed by atoms with Gasteiger partial charge in [-0.25, -0.2) is 13.2 Å². The molecule has 0 amide bonds. The molecule has 0 aliphatic carbocycles. The molecule has 1 aromatic carbocycles. The van der Waals surface area contributed by atoms with E-state index in [-0.39, 0.29) is 0 Å². The smallest absolute Gasteiger partial charge is 0.194 e. The summed E-state index contributed by atoms with van der Waals surface area (Å²) in [6, 6.07) is 3.23. The highest BCUT2D eigenvalue weighted by Gasteiger charge is 2.21. The van der Waals surface area contributed by atoms with Gasteiger partial charge in [0.15, 0.2) is 17.5 Å². The summed E-state index contributed by atoms with van der Waals surface area (Å²) in [5, 5.41) is 5.39. The lowest BCUT2D eigenvalue weighted by Crippen LogP contribution is -2.22. The fourth-order valence-electron chi connectivity index (χ4n) is 1.82. The third-order valence-corrected chi connectivity index (χ3v) is 4.08. The molecule has 0 spiro atoms. The van der Waals surface area contributed by atoms with Crippen LogP contribution in [0.15, 0.2) is 23.6 Å². The van der Waals surface area contributed by atoms with E-state index in [1.807, 2.05) is 6.92 Å². The van der Waals surface area contributed by atoms with Gasteiger partial charge in [-0.15, -0.1) is 11.3 Å². The molecular weight excluding hydrogens is 295 g/mol. The summed E-state index contributed by atoms with van der Waals surface area (Å²) in [6.07, 6.45) is 0. The molecule has 0 aliphatic heterocycles. The predicted octanol–water partition coefficient (Wildman–Crippen LogP) is 4.52. The minimum Gasteiger partial charge on any atom is -0.306 e. The number of nitrogens with one attached hydrogen (secondary N) is 1. The Bertz CT molecular complexity index is 562. The van der Waals surface area contributed by atoms with E-state index >= 15 is 0 Å². The van der Waals surface area contributed by atoms with Crippen molar-refractivity contribution in [3.63, 3.8) is 0 Å². The Morgan fingerprint density at radius 3 is 2.37 bits per heavy atom. The topological polar surface area (TPSA) is 12.0 Å². The van der Waals surface area contributed by atoms with Crippen molar-refractivity contribution < 1.29 is 13.2 Å². The molecule has 0 aliphatic rings. The second kappa shape index (κ2) is 5.94. The molecule has 1 N–H and O–H groups in total. The van der Waals surface area contributed by atoms with Crippen LogP contribution in [0.2, 0.25) is 5.02 Å². The van der Waals surface area contributed by atoms with Gasteiger partial charge in [0.2, 0.25) is 0 Å². The summed E-state index contributed by atoms with van der Waals surface area (Å²) < 4.78 is 39.6. The second-order valence-electron chi connectivity index (χ2n) is 3.92. The van der Waals surface area contributed by atoms with Crippen LogP contribution in [0.1, 0.15) is 23.4 Å². The SMILES string of the molecule is CCNC(c1cc(F)c(F)c(F)c1)c1sccc1Cl. The molecule has 1 unspecified atom stereocenters. The first kappa shape index (κ1) is 14.4. The van der Waals surface area contributed by atoms with Crippen LogP contribution < -0.4 is 5.32 Å². The van der Waals surface area contributed by atoms with Gasteiger partial charge in [0, 0.05) is 4.88 Å². The van der Waals surface area contributed by atoms with Crippen molar-refractivity contribution in [2.45, 2.75) is 13.0 Å². The number of hydrogen-bond acceptors (Lipinski definition) is 2. The normalized spacial score (nSPS) is 12.7. The highest BCUT2D eigenvalue weighted by Crippen LogP contribution is 2.33. The van der Waals surface area contributed by atoms with Gasteiger partial charge in [-0.1, -0.05) is 18.5 Å². The van der Waals surface area contributed by atoms with Crippen LogP contribution in [0.5, 0.6) is 0 Å². The molecule has 0 fully saturated rings. The van der Waals surface area contributed by atoms with E-state index in [0.29, 0.717) is 17.1 Å². The van der Waals surface area contributed by atoms with Crippen LogP contribution in [0.4, 0.5) is 13.2 Å². The lowest BCUT2D eigenvalue weighted by Gasteiger charge is -2.18. The van der Waals surface area contributed by atoms with Gasteiger partial charge >= 0.3 is 0 Å². The molecule has 102 valence electrons. The average molecular weight is 306 g/mol. The third kappa shape index (κ3) is 2.94. The summed E-state index contributed by atoms with van der Waals surface area (Å²) in [5.74, 6) is -3.87. The van der Waals surface area contributed by atoms with Crippen LogP contribution in [0, 0.1) is 17.5 Å². The standard InChI is InChI=1S/C13H11ClF3NS/c1-2-18-12(13-8(14)3-4-19-13)7-5-9(15)11(17)10(16)6-7/h3-6,12,18H,2H2,1H3. The van der Waals surface area contributed by atoms with Crippen molar-refractivity contribution in [3.8, 4) is 0 Å². The van der Waals surface area contributed by atoms with Crippen LogP contribution in [-0.4, -0.2) is 6.54 Å². The third-order valence-electron chi connectivity index (χ3n) is 2.65. The first-order valence-corrected chi connectivity index (χ1v) is 6.91. The van der Waals surface area contributed by atoms with Crippen molar-refractivity contribution >= 4 is 22.9 Å². The Hall–Kier alpha value is -1.04. The minimum absolute atomic E-state index is 0.308. The van der Waals surface area contributed by atoms with E-state index in [9.17, 15) is 13.2 Å². The van der Waals surface area contributed by atoms with E-state index in [4.69, 9.17) is 11.6 Å². The first-order chi connectivity index (χ1) is 9.04. The zero-order chi connectivity index (χ0) is 14.0. The maximum Gasteiger partial charge on any atom is 0.194 e. The zero-order valence-corrected chi connectivity index (χ0v) is 11.6. The van der Waals surface area contributed by atoms with Gasteiger partial charge in [0.05, 0.1) is 11.1 Å². The lowest BCUT2D eigenvalue weighted by molar-refractivity contribution is 0.443. The fraction of sp³-hybridized carbons (Fsp3) is 0.231. The zero-order valence-electron chi connectivity index (χ0n) is 10.0. The van der Waals surface area contributed by atoms with Crippen molar-refractivity contribution in [3.05, 3.63) is 56.5 Å². The summed E-state index contributed by atoms with van der Waals surface area (Å²) in [5.41, 5.74) is 0.308. The summed E-state index contributed by atoms with van der Waals surface area (Å²) >= 11 is 7.42. The number of rotatable bonds is 4. The van der Waals surface area contributed by atoms with Gasteiger partial charge in [0.25, 0.3) is 0 Å². The van der Waals surface area contributed by atoms with Gasteiger partial charge in [-0.05, 0) is 35.7 Å². The molecule has 1 nitrogen and oxygen atoms in total. The van der Waals surface area contributed by atoms with Gasteiger partial charge in [-0.2, -0.15) is 0 Å². The van der Waals surface area contributed by atoms with Gasteiger partial charge < -0.3 is 5.32 Å². The van der Waals surface area contributed by atoms with Crippen molar-refractivity contribution in [2.24, 2.45) is 0 Å². The van der Waals surface area contributed by atoms with E-state index in [0.717, 1.165) is 17.0 Å². The number of hydrogen-bond donors (Lipinski definition) is 1. The number of halogens is 4. The Balaban J connectivity index is 2.48. The van der Waals surface area contributed by atoms with Crippen molar-refractivity contribution in [2.75, 3.05) is 6.54 Å². The van der Waals surface area contributed by atoms with Crippen LogP contribution in [-0.2, 0) is 0 Å². The molecule has 0 bridgehead atoms. The molecule has 2 rings (SSSR count). The van der Waals surface area contributed by atoms with Crippen molar-refractivity contribution in [1.29, 1.82) is 0 Å². The maximum atomic E-state index is 13.3. The molecule has 2 aromatic rings. The second-order valence-corrected chi connectivity index (χ2v) is 5.28. The first-order valence-electron chi connectivity index (χ1n) is 5.65. The van der Waals surface area contributed by atoms with E-state index in [1.165, 1.54) is 11.3 Å². The Morgan fingerprint density at radius 2 is 1.89 bits per heavy atom. The number of thiophene rings is 1. The fourth-order valence-corrected chi connectivity index (χ4v) is 3.09. The van der Waals surface area contributed by atoms with Gasteiger partial charge in [0.1, 0.15) is 0 Å². The average Bonchev–Trinajstić information content (AvgIpc) is 2.78. The molecule has 1 atom stereocenters. The Labute approximate surface area is 118 Å². The van der Waals surface area contributed by atoms with E-state index < -0.39 is 23.5 Å². The predicted molar refractivity (Wildman–Crippen MR) is 71.2 cm³/mol. The molecule has 1 aromatic heterocycles. The molecule has 0 radical (unpaired) electrons. The van der Waals surface area contributed by atoms with Crippen LogP contribution >= 0.6 is 22.9 Å². The molecule has 0 saturated heterocycles. The molecule has 6 heteroatoms. The quantitative estimate of drug-likeness (QED) is 0.819. The van der Waals surface area contributed by atoms with Crippen molar-refractivity contribution in [1.82, 2.24) is 5.32 Å².